The van der Waals surface area contributed by atoms with Crippen molar-refractivity contribution in [2.24, 2.45) is 0 Å². The van der Waals surface area contributed by atoms with Crippen LogP contribution in [0.3, 0.4) is 0 Å². The van der Waals surface area contributed by atoms with Gasteiger partial charge in [-0.3, -0.25) is 0 Å². The van der Waals surface area contributed by atoms with Crippen molar-refractivity contribution in [3.63, 3.8) is 0 Å². The van der Waals surface area contributed by atoms with Gasteiger partial charge < -0.3 is 19.8 Å². The predicted molar refractivity (Wildman–Crippen MR) is 72.7 cm³/mol. The summed E-state index contributed by atoms with van der Waals surface area (Å²) in [5.74, 6) is 0. The van der Waals surface area contributed by atoms with E-state index < -0.39 is 0 Å². The molecule has 0 aliphatic heterocycles. The maximum Gasteiger partial charge on any atom is 0.0928 e. The van der Waals surface area contributed by atoms with Crippen molar-refractivity contribution in [2.45, 2.75) is 12.6 Å². The molecule has 0 radical (unpaired) electrons. The minimum Gasteiger partial charge on any atom is -0.382 e. The standard InChI is InChI=1S/C14H20N2O2/c1-17-10-13(18-2)9-15-8-11-3-4-12-5-6-16-14(12)7-11/h3-7,13,15-16H,8-10H2,1-2H3. The van der Waals surface area contributed by atoms with Crippen molar-refractivity contribution in [3.8, 4) is 0 Å². The van der Waals surface area contributed by atoms with Gasteiger partial charge in [0.15, 0.2) is 0 Å². The van der Waals surface area contributed by atoms with Gasteiger partial charge in [-0.1, -0.05) is 12.1 Å². The summed E-state index contributed by atoms with van der Waals surface area (Å²) in [6.45, 7) is 2.23. The van der Waals surface area contributed by atoms with Crippen molar-refractivity contribution in [2.75, 3.05) is 27.4 Å². The van der Waals surface area contributed by atoms with Crippen LogP contribution < -0.4 is 5.32 Å². The third kappa shape index (κ3) is 3.32. The van der Waals surface area contributed by atoms with Gasteiger partial charge >= 0.3 is 0 Å². The van der Waals surface area contributed by atoms with E-state index in [-0.39, 0.29) is 6.10 Å². The molecule has 0 fully saturated rings. The van der Waals surface area contributed by atoms with E-state index in [0.717, 1.165) is 13.1 Å². The summed E-state index contributed by atoms with van der Waals surface area (Å²) >= 11 is 0. The Morgan fingerprint density at radius 2 is 2.17 bits per heavy atom. The number of rotatable bonds is 7. The molecule has 0 saturated heterocycles. The van der Waals surface area contributed by atoms with Gasteiger partial charge in [0, 0.05) is 39.0 Å². The van der Waals surface area contributed by atoms with E-state index >= 15 is 0 Å². The third-order valence-corrected chi connectivity index (χ3v) is 3.01. The van der Waals surface area contributed by atoms with Gasteiger partial charge in [0.25, 0.3) is 0 Å². The van der Waals surface area contributed by atoms with Crippen LogP contribution in [0.1, 0.15) is 5.56 Å². The van der Waals surface area contributed by atoms with Crippen LogP contribution in [0.4, 0.5) is 0 Å². The van der Waals surface area contributed by atoms with Gasteiger partial charge in [-0.25, -0.2) is 0 Å². The van der Waals surface area contributed by atoms with Crippen molar-refractivity contribution in [3.05, 3.63) is 36.0 Å². The molecular weight excluding hydrogens is 228 g/mol. The van der Waals surface area contributed by atoms with E-state index in [9.17, 15) is 0 Å². The summed E-state index contributed by atoms with van der Waals surface area (Å²) in [4.78, 5) is 3.22. The Kier molecular flexibility index (Phi) is 4.75. The van der Waals surface area contributed by atoms with Crippen LogP contribution in [0.2, 0.25) is 0 Å². The highest BCUT2D eigenvalue weighted by Crippen LogP contribution is 2.13. The molecule has 2 aromatic rings. The van der Waals surface area contributed by atoms with E-state index in [1.165, 1.54) is 16.5 Å². The van der Waals surface area contributed by atoms with Gasteiger partial charge in [-0.15, -0.1) is 0 Å². The summed E-state index contributed by atoms with van der Waals surface area (Å²) in [6.07, 6.45) is 2.06. The molecule has 18 heavy (non-hydrogen) atoms. The summed E-state index contributed by atoms with van der Waals surface area (Å²) in [6, 6.07) is 8.51. The summed E-state index contributed by atoms with van der Waals surface area (Å²) in [5, 5.41) is 4.62. The maximum atomic E-state index is 5.29. The Morgan fingerprint density at radius 1 is 1.28 bits per heavy atom. The molecule has 0 spiro atoms. The fourth-order valence-electron chi connectivity index (χ4n) is 1.98. The molecule has 1 atom stereocenters. The normalized spacial score (nSPS) is 13.0. The fourth-order valence-corrected chi connectivity index (χ4v) is 1.98. The van der Waals surface area contributed by atoms with Gasteiger partial charge in [0.2, 0.25) is 0 Å². The molecule has 0 saturated carbocycles. The van der Waals surface area contributed by atoms with Crippen LogP contribution in [-0.2, 0) is 16.0 Å². The number of ether oxygens (including phenoxy) is 2. The average molecular weight is 248 g/mol. The SMILES string of the molecule is COCC(CNCc1ccc2cc[nH]c2c1)OC. The highest BCUT2D eigenvalue weighted by atomic mass is 16.5. The molecule has 1 unspecified atom stereocenters. The number of methoxy groups -OCH3 is 2. The smallest absolute Gasteiger partial charge is 0.0928 e. The van der Waals surface area contributed by atoms with E-state index in [0.29, 0.717) is 6.61 Å². The molecule has 4 nitrogen and oxygen atoms in total. The Labute approximate surface area is 107 Å². The number of benzene rings is 1. The molecule has 1 aromatic carbocycles. The molecule has 98 valence electrons. The second-order valence-electron chi connectivity index (χ2n) is 4.34. The van der Waals surface area contributed by atoms with E-state index in [1.807, 2.05) is 6.20 Å². The summed E-state index contributed by atoms with van der Waals surface area (Å²) in [7, 11) is 3.39. The van der Waals surface area contributed by atoms with Crippen molar-refractivity contribution >= 4 is 10.9 Å². The maximum absolute atomic E-state index is 5.29. The van der Waals surface area contributed by atoms with Crippen LogP contribution in [0.5, 0.6) is 0 Å². The first-order chi connectivity index (χ1) is 8.83. The number of aromatic nitrogens is 1. The molecule has 1 heterocycles. The number of hydrogen-bond acceptors (Lipinski definition) is 3. The highest BCUT2D eigenvalue weighted by molar-refractivity contribution is 5.79. The highest BCUT2D eigenvalue weighted by Gasteiger charge is 2.05. The number of H-pyrrole nitrogens is 1. The van der Waals surface area contributed by atoms with Crippen molar-refractivity contribution < 1.29 is 9.47 Å². The summed E-state index contributed by atoms with van der Waals surface area (Å²) in [5.41, 5.74) is 2.44. The lowest BCUT2D eigenvalue weighted by atomic mass is 10.1. The molecule has 0 aliphatic carbocycles. The largest absolute Gasteiger partial charge is 0.382 e. The monoisotopic (exact) mass is 248 g/mol. The van der Waals surface area contributed by atoms with E-state index in [4.69, 9.17) is 9.47 Å². The van der Waals surface area contributed by atoms with Crippen LogP contribution in [0, 0.1) is 0 Å². The zero-order valence-electron chi connectivity index (χ0n) is 10.9. The Morgan fingerprint density at radius 3 is 2.94 bits per heavy atom. The molecule has 1 aromatic heterocycles. The van der Waals surface area contributed by atoms with Gasteiger partial charge in [0.1, 0.15) is 0 Å². The number of aromatic amines is 1. The quantitative estimate of drug-likeness (QED) is 0.787. The molecule has 0 aliphatic rings. The molecule has 0 bridgehead atoms. The zero-order chi connectivity index (χ0) is 12.8. The second-order valence-corrected chi connectivity index (χ2v) is 4.34. The lowest BCUT2D eigenvalue weighted by Gasteiger charge is -2.15. The van der Waals surface area contributed by atoms with Gasteiger partial charge in [-0.05, 0) is 23.1 Å². The Hall–Kier alpha value is -1.36. The van der Waals surface area contributed by atoms with Crippen LogP contribution >= 0.6 is 0 Å². The van der Waals surface area contributed by atoms with E-state index in [2.05, 4.69) is 34.6 Å². The van der Waals surface area contributed by atoms with Crippen LogP contribution in [-0.4, -0.2) is 38.5 Å². The number of fused-ring (bicyclic) bond motifs is 1. The Bertz CT molecular complexity index is 481. The third-order valence-electron chi connectivity index (χ3n) is 3.01. The Balaban J connectivity index is 1.85. The van der Waals surface area contributed by atoms with Crippen molar-refractivity contribution in [1.29, 1.82) is 0 Å². The van der Waals surface area contributed by atoms with Crippen molar-refractivity contribution in [1.82, 2.24) is 10.3 Å². The molecule has 2 rings (SSSR count). The molecule has 0 amide bonds. The topological polar surface area (TPSA) is 46.3 Å². The second kappa shape index (κ2) is 6.54. The van der Waals surface area contributed by atoms with Gasteiger partial charge in [0.05, 0.1) is 12.7 Å². The predicted octanol–water partition coefficient (Wildman–Crippen LogP) is 1.92. The van der Waals surface area contributed by atoms with Crippen LogP contribution in [0.25, 0.3) is 10.9 Å². The number of hydrogen-bond donors (Lipinski definition) is 2. The lowest BCUT2D eigenvalue weighted by molar-refractivity contribution is 0.0288. The molecule has 2 N–H and O–H groups in total. The molecular formula is C14H20N2O2. The minimum absolute atomic E-state index is 0.101. The zero-order valence-corrected chi connectivity index (χ0v) is 10.9. The van der Waals surface area contributed by atoms with Crippen LogP contribution in [0.15, 0.2) is 30.5 Å². The molecule has 4 heteroatoms. The first-order valence-electron chi connectivity index (χ1n) is 6.12. The fraction of sp³-hybridized carbons (Fsp3) is 0.429. The first-order valence-corrected chi connectivity index (χ1v) is 6.12. The average Bonchev–Trinajstić information content (AvgIpc) is 2.85. The summed E-state index contributed by atoms with van der Waals surface area (Å²) < 4.78 is 10.4. The first kappa shape index (κ1) is 13.1. The lowest BCUT2D eigenvalue weighted by Crippen LogP contribution is -2.31. The number of nitrogens with one attached hydrogen (secondary N) is 2. The van der Waals surface area contributed by atoms with Gasteiger partial charge in [-0.2, -0.15) is 0 Å². The minimum atomic E-state index is 0.101. The van der Waals surface area contributed by atoms with E-state index in [1.54, 1.807) is 14.2 Å².